The number of phenols is 7. The molecule has 1 heterocycles. The molecule has 0 saturated heterocycles. The molecule has 1 unspecified atom stereocenters. The quantitative estimate of drug-likeness (QED) is 0.0244. The Balaban J connectivity index is 1.46. The van der Waals surface area contributed by atoms with Gasteiger partial charge in [0.05, 0.1) is 7.11 Å². The summed E-state index contributed by atoms with van der Waals surface area (Å²) in [4.78, 5) is 48.8. The highest BCUT2D eigenvalue weighted by atomic mass is 17.2. The van der Waals surface area contributed by atoms with Crippen LogP contribution in [0.1, 0.15) is 39.8 Å². The fourth-order valence-corrected chi connectivity index (χ4v) is 5.48. The molecule has 8 N–H and O–H groups in total. The predicted molar refractivity (Wildman–Crippen MR) is 175 cm³/mol. The summed E-state index contributed by atoms with van der Waals surface area (Å²) in [5.74, 6) is -8.64. The van der Waals surface area contributed by atoms with Gasteiger partial charge in [-0.1, -0.05) is 24.3 Å². The van der Waals surface area contributed by atoms with Crippen LogP contribution >= 0.6 is 0 Å². The van der Waals surface area contributed by atoms with Gasteiger partial charge in [-0.15, -0.1) is 0 Å². The summed E-state index contributed by atoms with van der Waals surface area (Å²) in [7, 11) is 1.18. The van der Waals surface area contributed by atoms with Gasteiger partial charge in [-0.05, 0) is 70.8 Å². The second-order valence-corrected chi connectivity index (χ2v) is 11.5. The van der Waals surface area contributed by atoms with E-state index >= 15 is 0 Å². The molecule has 0 saturated carbocycles. The third kappa shape index (κ3) is 8.20. The predicted octanol–water partition coefficient (Wildman–Crippen LogP) is 3.79. The average Bonchev–Trinajstić information content (AvgIpc) is 3.51. The summed E-state index contributed by atoms with van der Waals surface area (Å²) < 4.78 is 16.8. The first-order chi connectivity index (χ1) is 24.7. The van der Waals surface area contributed by atoms with Crippen LogP contribution in [0, 0.1) is 0 Å². The van der Waals surface area contributed by atoms with E-state index in [2.05, 4.69) is 4.89 Å². The van der Waals surface area contributed by atoms with Gasteiger partial charge < -0.3 is 55.1 Å². The first-order valence-electron chi connectivity index (χ1n) is 15.3. The first kappa shape index (κ1) is 36.6. The van der Waals surface area contributed by atoms with Crippen LogP contribution in [0.25, 0.3) is 6.08 Å². The van der Waals surface area contributed by atoms with Crippen molar-refractivity contribution < 1.29 is 79.2 Å². The van der Waals surface area contributed by atoms with Gasteiger partial charge in [0.25, 0.3) is 0 Å². The van der Waals surface area contributed by atoms with Crippen LogP contribution in [-0.4, -0.2) is 78.3 Å². The maximum atomic E-state index is 14.0. The van der Waals surface area contributed by atoms with Crippen LogP contribution in [0.3, 0.4) is 0 Å². The smallest absolute Gasteiger partial charge is 0.345 e. The van der Waals surface area contributed by atoms with Crippen molar-refractivity contribution >= 4 is 24.0 Å². The lowest BCUT2D eigenvalue weighted by atomic mass is 9.87. The van der Waals surface area contributed by atoms with E-state index in [1.54, 1.807) is 0 Å². The van der Waals surface area contributed by atoms with Gasteiger partial charge in [0.15, 0.2) is 46.0 Å². The van der Waals surface area contributed by atoms with E-state index in [1.165, 1.54) is 55.7 Å². The fraction of sp³-hybridized carbons (Fsp3) is 0.194. The summed E-state index contributed by atoms with van der Waals surface area (Å²) >= 11 is 0. The maximum Gasteiger partial charge on any atom is 0.345 e. The Labute approximate surface area is 294 Å². The number of ether oxygens (including phenoxy) is 3. The number of carbonyl (C=O) groups excluding carboxylic acids is 2. The van der Waals surface area contributed by atoms with E-state index in [0.29, 0.717) is 5.56 Å². The van der Waals surface area contributed by atoms with Gasteiger partial charge in [-0.2, -0.15) is 4.89 Å². The molecule has 1 aliphatic rings. The van der Waals surface area contributed by atoms with Gasteiger partial charge in [0.1, 0.15) is 12.0 Å². The summed E-state index contributed by atoms with van der Waals surface area (Å²) in [5, 5.41) is 79.7. The van der Waals surface area contributed by atoms with Gasteiger partial charge in [-0.3, -0.25) is 4.79 Å². The standard InChI is InChI=1S/C36H32O16/c1-48-52-30(15-18-3-8-22(38)26(42)13-18)50-29(44)11-6-19-4-10-24(40)34-31(19)32(33(51-34)20-5-9-23(39)27(43)16-20)36(47)49-28(35(45)46)14-17-2-7-21(37)25(41)12-17/h2-13,16,28,30,32-33,37-43H,14-15H2,1H3,(H,45,46)/b11-6+/t28?,30-,32-,33+/m0/s1. The molecule has 0 aromatic heterocycles. The summed E-state index contributed by atoms with van der Waals surface area (Å²) in [6.45, 7) is 0. The lowest BCUT2D eigenvalue weighted by molar-refractivity contribution is -0.353. The Kier molecular flexibility index (Phi) is 10.9. The molecule has 4 aromatic carbocycles. The number of hydrogen-bond acceptors (Lipinski definition) is 15. The zero-order chi connectivity index (χ0) is 37.7. The van der Waals surface area contributed by atoms with Crippen molar-refractivity contribution in [2.75, 3.05) is 7.11 Å². The van der Waals surface area contributed by atoms with Crippen molar-refractivity contribution in [2.45, 2.75) is 37.3 Å². The highest BCUT2D eigenvalue weighted by Crippen LogP contribution is 2.53. The molecule has 5 rings (SSSR count). The zero-order valence-corrected chi connectivity index (χ0v) is 27.1. The van der Waals surface area contributed by atoms with E-state index in [4.69, 9.17) is 19.1 Å². The molecule has 0 amide bonds. The number of carboxylic acid groups (broad SMARTS) is 1. The molecule has 1 aliphatic heterocycles. The molecule has 0 fully saturated rings. The molecule has 0 aliphatic carbocycles. The molecular weight excluding hydrogens is 688 g/mol. The van der Waals surface area contributed by atoms with Crippen molar-refractivity contribution in [2.24, 2.45) is 0 Å². The highest BCUT2D eigenvalue weighted by molar-refractivity contribution is 5.90. The molecule has 52 heavy (non-hydrogen) atoms. The molecule has 16 nitrogen and oxygen atoms in total. The number of benzene rings is 4. The van der Waals surface area contributed by atoms with E-state index < -0.39 is 83.2 Å². The van der Waals surface area contributed by atoms with Crippen LogP contribution in [0.2, 0.25) is 0 Å². The second kappa shape index (κ2) is 15.5. The van der Waals surface area contributed by atoms with Crippen LogP contribution in [0.4, 0.5) is 0 Å². The largest absolute Gasteiger partial charge is 0.504 e. The Hall–Kier alpha value is -6.65. The molecule has 4 atom stereocenters. The molecule has 0 spiro atoms. The lowest BCUT2D eigenvalue weighted by Crippen LogP contribution is -2.32. The summed E-state index contributed by atoms with van der Waals surface area (Å²) in [6.07, 6.45) is -2.82. The summed E-state index contributed by atoms with van der Waals surface area (Å²) in [6, 6.07) is 13.6. The van der Waals surface area contributed by atoms with E-state index in [9.17, 15) is 55.2 Å². The van der Waals surface area contributed by atoms with Gasteiger partial charge in [-0.25, -0.2) is 14.5 Å². The van der Waals surface area contributed by atoms with Crippen LogP contribution < -0.4 is 4.74 Å². The van der Waals surface area contributed by atoms with Gasteiger partial charge in [0, 0.05) is 24.5 Å². The number of carboxylic acids is 1. The third-order valence-electron chi connectivity index (χ3n) is 7.94. The Morgan fingerprint density at radius 3 is 1.88 bits per heavy atom. The average molecular weight is 721 g/mol. The molecular formula is C36H32O16. The SMILES string of the molecule is COO[C@@H](Cc1ccc(O)c(O)c1)OC(=O)/C=C/c1ccc(O)c2c1[C@H](C(=O)OC(Cc1ccc(O)c(O)c1)C(=O)O)[C@@H](c1ccc(O)c(O)c1)O2. The third-order valence-corrected chi connectivity index (χ3v) is 7.94. The topological polar surface area (TPSA) is 259 Å². The minimum absolute atomic E-state index is 0.0257. The van der Waals surface area contributed by atoms with Crippen LogP contribution in [0.15, 0.2) is 72.8 Å². The number of fused-ring (bicyclic) bond motifs is 1. The molecule has 0 radical (unpaired) electrons. The van der Waals surface area contributed by atoms with Crippen LogP contribution in [-0.2, 0) is 46.5 Å². The molecule has 4 aromatic rings. The number of aromatic hydroxyl groups is 7. The highest BCUT2D eigenvalue weighted by Gasteiger charge is 2.46. The Bertz CT molecular complexity index is 2020. The molecule has 272 valence electrons. The van der Waals surface area contributed by atoms with Gasteiger partial charge >= 0.3 is 17.9 Å². The minimum atomic E-state index is -1.81. The lowest BCUT2D eigenvalue weighted by Gasteiger charge is -2.22. The van der Waals surface area contributed by atoms with E-state index in [0.717, 1.165) is 30.3 Å². The van der Waals surface area contributed by atoms with Crippen molar-refractivity contribution in [1.82, 2.24) is 0 Å². The van der Waals surface area contributed by atoms with Crippen LogP contribution in [0.5, 0.6) is 46.0 Å². The number of aliphatic carboxylic acids is 1. The van der Waals surface area contributed by atoms with Gasteiger partial charge in [0.2, 0.25) is 12.4 Å². The Morgan fingerprint density at radius 2 is 1.31 bits per heavy atom. The molecule has 16 heteroatoms. The molecule has 0 bridgehead atoms. The van der Waals surface area contributed by atoms with E-state index in [-0.39, 0.29) is 40.2 Å². The number of hydrogen-bond donors (Lipinski definition) is 8. The zero-order valence-electron chi connectivity index (χ0n) is 27.1. The van der Waals surface area contributed by atoms with Crippen molar-refractivity contribution in [3.8, 4) is 46.0 Å². The fourth-order valence-electron chi connectivity index (χ4n) is 5.48. The van der Waals surface area contributed by atoms with Crippen molar-refractivity contribution in [3.63, 3.8) is 0 Å². The maximum absolute atomic E-state index is 14.0. The number of carbonyl (C=O) groups is 3. The first-order valence-corrected chi connectivity index (χ1v) is 15.3. The Morgan fingerprint density at radius 1 is 0.731 bits per heavy atom. The summed E-state index contributed by atoms with van der Waals surface area (Å²) in [5.41, 5.74) is 0.841. The van der Waals surface area contributed by atoms with Crippen molar-refractivity contribution in [1.29, 1.82) is 0 Å². The van der Waals surface area contributed by atoms with E-state index in [1.807, 2.05) is 0 Å². The minimum Gasteiger partial charge on any atom is -0.504 e. The number of rotatable bonds is 13. The number of phenolic OH excluding ortho intramolecular Hbond substituents is 7. The second-order valence-electron chi connectivity index (χ2n) is 11.5. The monoisotopic (exact) mass is 720 g/mol. The van der Waals surface area contributed by atoms with Crippen molar-refractivity contribution in [3.05, 3.63) is 101 Å². The number of esters is 2. The normalized spacial score (nSPS) is 16.1.